The number of aliphatic imine (C=N–C) groups is 1. The van der Waals surface area contributed by atoms with E-state index in [0.717, 1.165) is 43.5 Å². The molecule has 2 heterocycles. The summed E-state index contributed by atoms with van der Waals surface area (Å²) in [5, 5.41) is 6.93. The van der Waals surface area contributed by atoms with Crippen molar-refractivity contribution in [3.8, 4) is 5.75 Å². The van der Waals surface area contributed by atoms with E-state index in [1.165, 1.54) is 5.56 Å². The minimum absolute atomic E-state index is 0.369. The molecule has 0 bridgehead atoms. The van der Waals surface area contributed by atoms with Gasteiger partial charge in [0.05, 0.1) is 19.3 Å². The van der Waals surface area contributed by atoms with Crippen molar-refractivity contribution in [3.63, 3.8) is 0 Å². The van der Waals surface area contributed by atoms with Gasteiger partial charge in [-0.05, 0) is 37.1 Å². The maximum atomic E-state index is 5.50. The number of aryl methyl sites for hydroxylation is 1. The number of hydrogen-bond donors (Lipinski definition) is 2. The molecule has 0 amide bonds. The fraction of sp³-hybridized carbons (Fsp3) is 0.450. The van der Waals surface area contributed by atoms with Crippen LogP contribution in [-0.4, -0.2) is 43.3 Å². The summed E-state index contributed by atoms with van der Waals surface area (Å²) in [6.45, 7) is 5.57. The number of rotatable bonds is 6. The lowest BCUT2D eigenvalue weighted by atomic mass is 10.2. The third-order valence-electron chi connectivity index (χ3n) is 4.61. The van der Waals surface area contributed by atoms with Gasteiger partial charge < -0.3 is 24.8 Å². The molecule has 0 radical (unpaired) electrons. The zero-order valence-corrected chi connectivity index (χ0v) is 15.9. The van der Waals surface area contributed by atoms with Crippen LogP contribution in [0, 0.1) is 0 Å². The van der Waals surface area contributed by atoms with Gasteiger partial charge in [0.2, 0.25) is 0 Å². The van der Waals surface area contributed by atoms with Gasteiger partial charge in [-0.1, -0.05) is 12.1 Å². The number of guanidine groups is 1. The Morgan fingerprint density at radius 1 is 1.31 bits per heavy atom. The molecule has 2 aromatic rings. The average Bonchev–Trinajstić information content (AvgIpc) is 3.29. The zero-order chi connectivity index (χ0) is 18.4. The van der Waals surface area contributed by atoms with Crippen molar-refractivity contribution in [3.05, 3.63) is 48.3 Å². The minimum Gasteiger partial charge on any atom is -0.495 e. The molecular weight excluding hydrogens is 326 g/mol. The Balaban J connectivity index is 1.61. The molecule has 1 aliphatic rings. The smallest absolute Gasteiger partial charge is 0.191 e. The van der Waals surface area contributed by atoms with Crippen molar-refractivity contribution >= 4 is 11.6 Å². The van der Waals surface area contributed by atoms with Crippen molar-refractivity contribution < 1.29 is 4.74 Å². The first-order chi connectivity index (χ1) is 12.7. The Labute approximate surface area is 155 Å². The van der Waals surface area contributed by atoms with Crippen LogP contribution in [-0.2, 0) is 13.6 Å². The molecule has 1 aromatic heterocycles. The van der Waals surface area contributed by atoms with Crippen LogP contribution in [0.4, 0.5) is 5.69 Å². The second-order valence-corrected chi connectivity index (χ2v) is 6.63. The molecule has 1 saturated heterocycles. The monoisotopic (exact) mass is 355 g/mol. The van der Waals surface area contributed by atoms with Crippen molar-refractivity contribution in [2.24, 2.45) is 12.0 Å². The first-order valence-electron chi connectivity index (χ1n) is 9.23. The molecular formula is C20H29N5O. The molecule has 1 aliphatic heterocycles. The van der Waals surface area contributed by atoms with E-state index in [4.69, 9.17) is 9.73 Å². The van der Waals surface area contributed by atoms with Crippen molar-refractivity contribution in [1.82, 2.24) is 15.2 Å². The van der Waals surface area contributed by atoms with E-state index in [-0.39, 0.29) is 0 Å². The lowest BCUT2D eigenvalue weighted by molar-refractivity contribution is 0.415. The molecule has 140 valence electrons. The Hall–Kier alpha value is -2.63. The quantitative estimate of drug-likeness (QED) is 0.617. The van der Waals surface area contributed by atoms with Gasteiger partial charge in [-0.3, -0.25) is 0 Å². The van der Waals surface area contributed by atoms with E-state index < -0.39 is 0 Å². The van der Waals surface area contributed by atoms with Crippen LogP contribution in [0.2, 0.25) is 0 Å². The predicted octanol–water partition coefficient (Wildman–Crippen LogP) is 2.37. The topological polar surface area (TPSA) is 53.8 Å². The largest absolute Gasteiger partial charge is 0.495 e. The summed E-state index contributed by atoms with van der Waals surface area (Å²) in [5.41, 5.74) is 2.37. The number of para-hydroxylation sites is 2. The highest BCUT2D eigenvalue weighted by atomic mass is 16.5. The molecule has 0 aliphatic carbocycles. The van der Waals surface area contributed by atoms with Crippen molar-refractivity contribution in [2.75, 3.05) is 31.6 Å². The van der Waals surface area contributed by atoms with E-state index in [0.29, 0.717) is 12.6 Å². The second kappa shape index (κ2) is 8.65. The molecule has 6 heteroatoms. The van der Waals surface area contributed by atoms with Crippen molar-refractivity contribution in [1.29, 1.82) is 0 Å². The highest BCUT2D eigenvalue weighted by molar-refractivity contribution is 5.80. The van der Waals surface area contributed by atoms with Crippen LogP contribution in [0.25, 0.3) is 0 Å². The van der Waals surface area contributed by atoms with Gasteiger partial charge in [0.1, 0.15) is 5.75 Å². The van der Waals surface area contributed by atoms with Gasteiger partial charge in [-0.2, -0.15) is 0 Å². The normalized spacial score (nSPS) is 17.4. The van der Waals surface area contributed by atoms with Gasteiger partial charge in [0.25, 0.3) is 0 Å². The molecule has 0 spiro atoms. The fourth-order valence-electron chi connectivity index (χ4n) is 3.33. The van der Waals surface area contributed by atoms with E-state index in [2.05, 4.69) is 46.9 Å². The molecule has 26 heavy (non-hydrogen) atoms. The molecule has 1 atom stereocenters. The second-order valence-electron chi connectivity index (χ2n) is 6.63. The first kappa shape index (κ1) is 18.2. The predicted molar refractivity (Wildman–Crippen MR) is 107 cm³/mol. The van der Waals surface area contributed by atoms with Crippen LogP contribution >= 0.6 is 0 Å². The highest BCUT2D eigenvalue weighted by Crippen LogP contribution is 2.30. The van der Waals surface area contributed by atoms with E-state index in [1.54, 1.807) is 7.11 Å². The summed E-state index contributed by atoms with van der Waals surface area (Å²) >= 11 is 0. The maximum absolute atomic E-state index is 5.50. The van der Waals surface area contributed by atoms with E-state index in [1.807, 2.05) is 29.9 Å². The standard InChI is InChI=1S/C20H29N5O/c1-4-21-20(22-13-16-9-11-24(2)14-16)23-17-10-12-25(15-17)18-7-5-6-8-19(18)26-3/h5-9,11,14,17H,4,10,12-13,15H2,1-3H3,(H2,21,22,23). The molecule has 1 aromatic carbocycles. The van der Waals surface area contributed by atoms with Crippen LogP contribution in [0.3, 0.4) is 0 Å². The molecule has 1 unspecified atom stereocenters. The number of methoxy groups -OCH3 is 1. The summed E-state index contributed by atoms with van der Waals surface area (Å²) in [6, 6.07) is 10.7. The molecule has 6 nitrogen and oxygen atoms in total. The number of anilines is 1. The number of hydrogen-bond acceptors (Lipinski definition) is 3. The number of ether oxygens (including phenoxy) is 1. The van der Waals surface area contributed by atoms with E-state index in [9.17, 15) is 0 Å². The Morgan fingerprint density at radius 3 is 2.88 bits per heavy atom. The van der Waals surface area contributed by atoms with Crippen molar-refractivity contribution in [2.45, 2.75) is 25.9 Å². The van der Waals surface area contributed by atoms with Gasteiger partial charge in [0, 0.05) is 45.1 Å². The fourth-order valence-corrected chi connectivity index (χ4v) is 3.33. The van der Waals surface area contributed by atoms with E-state index >= 15 is 0 Å². The van der Waals surface area contributed by atoms with Crippen LogP contribution in [0.1, 0.15) is 18.9 Å². The number of nitrogens with one attached hydrogen (secondary N) is 2. The summed E-state index contributed by atoms with van der Waals surface area (Å²) in [5.74, 6) is 1.81. The van der Waals surface area contributed by atoms with Crippen LogP contribution < -0.4 is 20.3 Å². The summed E-state index contributed by atoms with van der Waals surface area (Å²) in [6.07, 6.45) is 5.23. The molecule has 0 saturated carbocycles. The Kier molecular flexibility index (Phi) is 6.04. The third-order valence-corrected chi connectivity index (χ3v) is 4.61. The summed E-state index contributed by atoms with van der Waals surface area (Å²) < 4.78 is 7.55. The SMILES string of the molecule is CCNC(=NCc1ccn(C)c1)NC1CCN(c2ccccc2OC)C1. The van der Waals surface area contributed by atoms with Gasteiger partial charge in [-0.15, -0.1) is 0 Å². The molecule has 2 N–H and O–H groups in total. The summed E-state index contributed by atoms with van der Waals surface area (Å²) in [7, 11) is 3.76. The minimum atomic E-state index is 0.369. The molecule has 1 fully saturated rings. The summed E-state index contributed by atoms with van der Waals surface area (Å²) in [4.78, 5) is 7.10. The highest BCUT2D eigenvalue weighted by Gasteiger charge is 2.25. The Bertz CT molecular complexity index is 739. The maximum Gasteiger partial charge on any atom is 0.191 e. The zero-order valence-electron chi connectivity index (χ0n) is 15.9. The molecule has 3 rings (SSSR count). The lowest BCUT2D eigenvalue weighted by Crippen LogP contribution is -2.44. The first-order valence-corrected chi connectivity index (χ1v) is 9.23. The van der Waals surface area contributed by atoms with Gasteiger partial charge >= 0.3 is 0 Å². The van der Waals surface area contributed by atoms with Gasteiger partial charge in [0.15, 0.2) is 5.96 Å². The average molecular weight is 355 g/mol. The van der Waals surface area contributed by atoms with Gasteiger partial charge in [-0.25, -0.2) is 4.99 Å². The lowest BCUT2D eigenvalue weighted by Gasteiger charge is -2.22. The Morgan fingerprint density at radius 2 is 2.15 bits per heavy atom. The van der Waals surface area contributed by atoms with Crippen LogP contribution in [0.15, 0.2) is 47.7 Å². The number of nitrogens with zero attached hydrogens (tertiary/aromatic N) is 3. The number of benzene rings is 1. The third kappa shape index (κ3) is 4.50. The van der Waals surface area contributed by atoms with Crippen LogP contribution in [0.5, 0.6) is 5.75 Å². The number of aromatic nitrogens is 1.